The Bertz CT molecular complexity index is 682. The van der Waals surface area contributed by atoms with E-state index in [1.54, 1.807) is 19.1 Å². The van der Waals surface area contributed by atoms with Crippen LogP contribution in [-0.4, -0.2) is 8.42 Å². The van der Waals surface area contributed by atoms with Crippen LogP contribution in [0.5, 0.6) is 0 Å². The van der Waals surface area contributed by atoms with Crippen LogP contribution in [-0.2, 0) is 10.0 Å². The molecule has 0 amide bonds. The standard InChI is InChI=1S/C13H12N2O3S/c1-10(13-3-2-8-18-13)15-19(16,17)12-6-4-11(9-14)5-7-12/h2-8,10,15H,1H3. The van der Waals surface area contributed by atoms with Crippen LogP contribution in [0.1, 0.15) is 24.3 Å². The van der Waals surface area contributed by atoms with Crippen LogP contribution in [0.15, 0.2) is 52.0 Å². The van der Waals surface area contributed by atoms with Crippen molar-refractivity contribution in [3.8, 4) is 6.07 Å². The molecule has 0 bridgehead atoms. The van der Waals surface area contributed by atoms with E-state index < -0.39 is 16.1 Å². The van der Waals surface area contributed by atoms with Crippen molar-refractivity contribution >= 4 is 10.0 Å². The lowest BCUT2D eigenvalue weighted by molar-refractivity contribution is 0.459. The highest BCUT2D eigenvalue weighted by molar-refractivity contribution is 7.89. The summed E-state index contributed by atoms with van der Waals surface area (Å²) in [5.41, 5.74) is 0.415. The van der Waals surface area contributed by atoms with Gasteiger partial charge in [0, 0.05) is 0 Å². The third-order valence-electron chi connectivity index (χ3n) is 2.60. The van der Waals surface area contributed by atoms with Crippen molar-refractivity contribution in [2.24, 2.45) is 0 Å². The molecule has 2 aromatic rings. The molecule has 1 atom stereocenters. The molecule has 0 fully saturated rings. The molecule has 1 aromatic heterocycles. The Kier molecular flexibility index (Phi) is 3.69. The average Bonchev–Trinajstić information content (AvgIpc) is 2.92. The van der Waals surface area contributed by atoms with Gasteiger partial charge in [-0.1, -0.05) is 0 Å². The predicted octanol–water partition coefficient (Wildman–Crippen LogP) is 2.19. The van der Waals surface area contributed by atoms with Crippen molar-refractivity contribution in [1.82, 2.24) is 4.72 Å². The van der Waals surface area contributed by atoms with Crippen molar-refractivity contribution in [3.05, 3.63) is 54.0 Å². The number of nitrogens with zero attached hydrogens (tertiary/aromatic N) is 1. The van der Waals surface area contributed by atoms with Crippen LogP contribution in [0.4, 0.5) is 0 Å². The Balaban J connectivity index is 2.20. The fourth-order valence-electron chi connectivity index (χ4n) is 1.61. The first-order chi connectivity index (χ1) is 9.03. The van der Waals surface area contributed by atoms with E-state index in [0.717, 1.165) is 0 Å². The number of rotatable bonds is 4. The zero-order chi connectivity index (χ0) is 13.9. The van der Waals surface area contributed by atoms with Gasteiger partial charge in [0.1, 0.15) is 5.76 Å². The van der Waals surface area contributed by atoms with Crippen LogP contribution >= 0.6 is 0 Å². The highest BCUT2D eigenvalue weighted by atomic mass is 32.2. The highest BCUT2D eigenvalue weighted by Crippen LogP contribution is 2.17. The summed E-state index contributed by atoms with van der Waals surface area (Å²) < 4.78 is 31.9. The van der Waals surface area contributed by atoms with E-state index in [9.17, 15) is 8.42 Å². The molecule has 0 spiro atoms. The molecule has 0 radical (unpaired) electrons. The number of hydrogen-bond donors (Lipinski definition) is 1. The number of hydrogen-bond acceptors (Lipinski definition) is 4. The first kappa shape index (κ1) is 13.3. The van der Waals surface area contributed by atoms with Crippen LogP contribution in [0.25, 0.3) is 0 Å². The second kappa shape index (κ2) is 5.26. The van der Waals surface area contributed by atoms with Gasteiger partial charge in [0.25, 0.3) is 0 Å². The zero-order valence-corrected chi connectivity index (χ0v) is 11.0. The third-order valence-corrected chi connectivity index (χ3v) is 4.15. The molecule has 19 heavy (non-hydrogen) atoms. The maximum absolute atomic E-state index is 12.1. The number of nitrogens with one attached hydrogen (secondary N) is 1. The summed E-state index contributed by atoms with van der Waals surface area (Å²) in [7, 11) is -3.63. The van der Waals surface area contributed by atoms with E-state index in [-0.39, 0.29) is 4.90 Å². The first-order valence-corrected chi connectivity index (χ1v) is 7.07. The van der Waals surface area contributed by atoms with Gasteiger partial charge in [-0.25, -0.2) is 13.1 Å². The molecule has 0 saturated heterocycles. The van der Waals surface area contributed by atoms with Gasteiger partial charge in [0.2, 0.25) is 10.0 Å². The van der Waals surface area contributed by atoms with Gasteiger partial charge in [0.15, 0.2) is 0 Å². The highest BCUT2D eigenvalue weighted by Gasteiger charge is 2.19. The van der Waals surface area contributed by atoms with Gasteiger partial charge in [-0.15, -0.1) is 0 Å². The Morgan fingerprint density at radius 3 is 2.47 bits per heavy atom. The Morgan fingerprint density at radius 2 is 1.95 bits per heavy atom. The largest absolute Gasteiger partial charge is 0.468 e. The average molecular weight is 276 g/mol. The number of benzene rings is 1. The van der Waals surface area contributed by atoms with Crippen LogP contribution in [0.2, 0.25) is 0 Å². The van der Waals surface area contributed by atoms with Crippen molar-refractivity contribution in [1.29, 1.82) is 5.26 Å². The lowest BCUT2D eigenvalue weighted by atomic mass is 10.2. The van der Waals surface area contributed by atoms with Crippen molar-refractivity contribution < 1.29 is 12.8 Å². The Morgan fingerprint density at radius 1 is 1.26 bits per heavy atom. The maximum atomic E-state index is 12.1. The summed E-state index contributed by atoms with van der Waals surface area (Å²) >= 11 is 0. The van der Waals surface area contributed by atoms with E-state index in [0.29, 0.717) is 11.3 Å². The third kappa shape index (κ3) is 3.02. The van der Waals surface area contributed by atoms with Crippen molar-refractivity contribution in [2.75, 3.05) is 0 Å². The molecule has 1 aromatic carbocycles. The summed E-state index contributed by atoms with van der Waals surface area (Å²) in [6.45, 7) is 1.69. The first-order valence-electron chi connectivity index (χ1n) is 5.59. The molecule has 5 nitrogen and oxygen atoms in total. The monoisotopic (exact) mass is 276 g/mol. The Hall–Kier alpha value is -2.10. The van der Waals surface area contributed by atoms with Gasteiger partial charge in [0.05, 0.1) is 28.8 Å². The minimum absolute atomic E-state index is 0.116. The lowest BCUT2D eigenvalue weighted by Gasteiger charge is -2.12. The Labute approximate surface area is 111 Å². The molecule has 98 valence electrons. The summed E-state index contributed by atoms with van der Waals surface area (Å²) in [6.07, 6.45) is 1.49. The molecular formula is C13H12N2O3S. The maximum Gasteiger partial charge on any atom is 0.241 e. The molecule has 0 aliphatic carbocycles. The second-order valence-electron chi connectivity index (χ2n) is 3.99. The van der Waals surface area contributed by atoms with Gasteiger partial charge < -0.3 is 4.42 Å². The van der Waals surface area contributed by atoms with E-state index >= 15 is 0 Å². The smallest absolute Gasteiger partial charge is 0.241 e. The molecular weight excluding hydrogens is 264 g/mol. The van der Waals surface area contributed by atoms with Crippen molar-refractivity contribution in [2.45, 2.75) is 17.9 Å². The fourth-order valence-corrected chi connectivity index (χ4v) is 2.82. The zero-order valence-electron chi connectivity index (χ0n) is 10.2. The lowest BCUT2D eigenvalue weighted by Crippen LogP contribution is -2.26. The fraction of sp³-hybridized carbons (Fsp3) is 0.154. The number of nitriles is 1. The molecule has 1 heterocycles. The molecule has 0 aliphatic heterocycles. The van der Waals surface area contributed by atoms with Crippen molar-refractivity contribution in [3.63, 3.8) is 0 Å². The summed E-state index contributed by atoms with van der Waals surface area (Å²) in [5, 5.41) is 8.67. The van der Waals surface area contributed by atoms with E-state index in [2.05, 4.69) is 4.72 Å². The van der Waals surface area contributed by atoms with Gasteiger partial charge >= 0.3 is 0 Å². The second-order valence-corrected chi connectivity index (χ2v) is 5.71. The van der Waals surface area contributed by atoms with Crippen LogP contribution in [0, 0.1) is 11.3 Å². The number of sulfonamides is 1. The molecule has 2 rings (SSSR count). The predicted molar refractivity (Wildman–Crippen MR) is 68.6 cm³/mol. The summed E-state index contributed by atoms with van der Waals surface area (Å²) in [4.78, 5) is 0.116. The van der Waals surface area contributed by atoms with E-state index in [1.165, 1.54) is 30.5 Å². The molecule has 1 N–H and O–H groups in total. The summed E-state index contributed by atoms with van der Waals surface area (Å²) in [5.74, 6) is 0.539. The van der Waals surface area contributed by atoms with Gasteiger partial charge in [-0.2, -0.15) is 5.26 Å². The van der Waals surface area contributed by atoms with E-state index in [4.69, 9.17) is 9.68 Å². The van der Waals surface area contributed by atoms with E-state index in [1.807, 2.05) is 6.07 Å². The van der Waals surface area contributed by atoms with Gasteiger partial charge in [-0.3, -0.25) is 0 Å². The minimum Gasteiger partial charge on any atom is -0.468 e. The van der Waals surface area contributed by atoms with Gasteiger partial charge in [-0.05, 0) is 43.3 Å². The molecule has 6 heteroatoms. The van der Waals surface area contributed by atoms with Crippen LogP contribution < -0.4 is 4.72 Å². The normalized spacial score (nSPS) is 12.8. The quantitative estimate of drug-likeness (QED) is 0.927. The molecule has 0 saturated carbocycles. The molecule has 0 aliphatic rings. The molecule has 1 unspecified atom stereocenters. The topological polar surface area (TPSA) is 83.1 Å². The summed E-state index contributed by atoms with van der Waals surface area (Å²) in [6, 6.07) is 10.6. The van der Waals surface area contributed by atoms with Crippen LogP contribution in [0.3, 0.4) is 0 Å². The number of furan rings is 1. The SMILES string of the molecule is CC(NS(=O)(=O)c1ccc(C#N)cc1)c1ccco1. The minimum atomic E-state index is -3.63.